The minimum absolute atomic E-state index is 0.00310. The van der Waals surface area contributed by atoms with Gasteiger partial charge in [-0.15, -0.1) is 0 Å². The number of amides is 1. The lowest BCUT2D eigenvalue weighted by atomic mass is 9.87. The molecule has 0 aromatic heterocycles. The predicted molar refractivity (Wildman–Crippen MR) is 111 cm³/mol. The van der Waals surface area contributed by atoms with E-state index in [0.29, 0.717) is 0 Å². The van der Waals surface area contributed by atoms with Gasteiger partial charge >= 0.3 is 11.9 Å². The van der Waals surface area contributed by atoms with Crippen molar-refractivity contribution in [2.75, 3.05) is 0 Å². The third-order valence-corrected chi connectivity index (χ3v) is 5.32. The Kier molecular flexibility index (Phi) is 5.58. The first-order chi connectivity index (χ1) is 15.0. The molecule has 0 radical (unpaired) electrons. The smallest absolute Gasteiger partial charge is 0.340 e. The highest BCUT2D eigenvalue weighted by Gasteiger charge is 2.65. The number of hydrogen-bond donors (Lipinski definition) is 1. The van der Waals surface area contributed by atoms with Crippen LogP contribution in [0.4, 0.5) is 0 Å². The van der Waals surface area contributed by atoms with Crippen LogP contribution in [0.5, 0.6) is 0 Å². The highest BCUT2D eigenvalue weighted by molar-refractivity contribution is 5.97. The summed E-state index contributed by atoms with van der Waals surface area (Å²) in [6.07, 6.45) is 3.82. The molecule has 1 amide bonds. The van der Waals surface area contributed by atoms with Crippen LogP contribution in [-0.2, 0) is 30.5 Å². The first-order valence-corrected chi connectivity index (χ1v) is 9.87. The van der Waals surface area contributed by atoms with E-state index in [1.165, 1.54) is 4.90 Å². The van der Waals surface area contributed by atoms with Crippen molar-refractivity contribution in [3.05, 3.63) is 89.7 Å². The third-order valence-electron chi connectivity index (χ3n) is 5.32. The monoisotopic (exact) mass is 419 g/mol. The van der Waals surface area contributed by atoms with Crippen molar-refractivity contribution >= 4 is 23.9 Å². The van der Waals surface area contributed by atoms with Gasteiger partial charge in [-0.3, -0.25) is 9.69 Å². The summed E-state index contributed by atoms with van der Waals surface area (Å²) in [5.41, 5.74) is 0.0304. The average molecular weight is 419 g/mol. The van der Waals surface area contributed by atoms with E-state index >= 15 is 0 Å². The zero-order chi connectivity index (χ0) is 21.8. The van der Waals surface area contributed by atoms with Crippen molar-refractivity contribution in [1.82, 2.24) is 4.90 Å². The summed E-state index contributed by atoms with van der Waals surface area (Å²) >= 11 is 0. The van der Waals surface area contributed by atoms with Crippen molar-refractivity contribution < 1.29 is 29.0 Å². The molecular weight excluding hydrogens is 398 g/mol. The summed E-state index contributed by atoms with van der Waals surface area (Å²) in [6, 6.07) is 18.6. The van der Waals surface area contributed by atoms with E-state index in [1.807, 2.05) is 66.7 Å². The van der Waals surface area contributed by atoms with Crippen molar-refractivity contribution in [1.29, 1.82) is 0 Å². The highest BCUT2D eigenvalue weighted by Crippen LogP contribution is 2.47. The third kappa shape index (κ3) is 3.94. The van der Waals surface area contributed by atoms with Gasteiger partial charge in [0.05, 0.1) is 12.5 Å². The SMILES string of the molecule is O=C(O)/C=C1/O[C@@H]2CC(=O)N2C1(C/C=C/c1ccccc1)C(=O)OCc1ccccc1. The van der Waals surface area contributed by atoms with Gasteiger partial charge < -0.3 is 14.6 Å². The second-order valence-corrected chi connectivity index (χ2v) is 7.33. The molecule has 2 aromatic carbocycles. The molecular formula is C24H21NO6. The molecule has 2 fully saturated rings. The van der Waals surface area contributed by atoms with Gasteiger partial charge in [-0.05, 0) is 11.1 Å². The molecule has 7 heteroatoms. The lowest BCUT2D eigenvalue weighted by Crippen LogP contribution is -2.63. The molecule has 0 bridgehead atoms. The van der Waals surface area contributed by atoms with E-state index in [2.05, 4.69) is 0 Å². The number of nitrogens with zero attached hydrogens (tertiary/aromatic N) is 1. The number of aliphatic carboxylic acids is 1. The molecule has 0 aliphatic carbocycles. The molecule has 0 spiro atoms. The van der Waals surface area contributed by atoms with Gasteiger partial charge in [0.25, 0.3) is 0 Å². The predicted octanol–water partition coefficient (Wildman–Crippen LogP) is 3.13. The number of carboxylic acids is 1. The maximum Gasteiger partial charge on any atom is 0.340 e. The van der Waals surface area contributed by atoms with Crippen molar-refractivity contribution in [2.45, 2.75) is 31.2 Å². The van der Waals surface area contributed by atoms with Crippen molar-refractivity contribution in [3.8, 4) is 0 Å². The van der Waals surface area contributed by atoms with Crippen molar-refractivity contribution in [2.24, 2.45) is 0 Å². The summed E-state index contributed by atoms with van der Waals surface area (Å²) in [7, 11) is 0. The van der Waals surface area contributed by atoms with Crippen LogP contribution >= 0.6 is 0 Å². The minimum Gasteiger partial charge on any atom is -0.478 e. The second-order valence-electron chi connectivity index (χ2n) is 7.33. The Morgan fingerprint density at radius 1 is 1.13 bits per heavy atom. The molecule has 4 rings (SSSR count). The van der Waals surface area contributed by atoms with Gasteiger partial charge in [0.2, 0.25) is 11.4 Å². The van der Waals surface area contributed by atoms with E-state index in [0.717, 1.165) is 17.2 Å². The summed E-state index contributed by atoms with van der Waals surface area (Å²) in [4.78, 5) is 38.5. The maximum absolute atomic E-state index is 13.3. The van der Waals surface area contributed by atoms with Crippen LogP contribution in [0.25, 0.3) is 6.08 Å². The Hall–Kier alpha value is -3.87. The van der Waals surface area contributed by atoms with Crippen LogP contribution in [0.1, 0.15) is 24.0 Å². The first kappa shape index (κ1) is 20.4. The van der Waals surface area contributed by atoms with Crippen LogP contribution in [0.3, 0.4) is 0 Å². The molecule has 1 unspecified atom stereocenters. The van der Waals surface area contributed by atoms with Gasteiger partial charge in [-0.2, -0.15) is 0 Å². The number of esters is 1. The number of carbonyl (C=O) groups is 3. The molecule has 2 saturated heterocycles. The fraction of sp³-hybridized carbons (Fsp3) is 0.208. The number of fused-ring (bicyclic) bond motifs is 1. The number of benzene rings is 2. The van der Waals surface area contributed by atoms with E-state index in [1.54, 1.807) is 6.08 Å². The zero-order valence-electron chi connectivity index (χ0n) is 16.6. The molecule has 158 valence electrons. The molecule has 2 aliphatic heterocycles. The van der Waals surface area contributed by atoms with Crippen LogP contribution in [0.15, 0.2) is 78.6 Å². The standard InChI is InChI=1S/C24H21NO6/c26-20-15-21-25(20)24(19(31-21)14-22(27)28,13-7-12-17-8-3-1-4-9-17)23(29)30-16-18-10-5-2-6-11-18/h1-12,14,21H,13,15-16H2,(H,27,28)/b12-7+,19-14+/t21-,24?/m1/s1. The van der Waals surface area contributed by atoms with Crippen LogP contribution < -0.4 is 0 Å². The number of hydrogen-bond acceptors (Lipinski definition) is 5. The normalized spacial score (nSPS) is 23.4. The van der Waals surface area contributed by atoms with Gasteiger partial charge in [-0.1, -0.05) is 72.8 Å². The van der Waals surface area contributed by atoms with Gasteiger partial charge in [0.15, 0.2) is 6.23 Å². The number of carboxylic acid groups (broad SMARTS) is 1. The number of carbonyl (C=O) groups excluding carboxylic acids is 2. The fourth-order valence-corrected chi connectivity index (χ4v) is 3.82. The quantitative estimate of drug-likeness (QED) is 0.421. The molecule has 7 nitrogen and oxygen atoms in total. The highest BCUT2D eigenvalue weighted by atomic mass is 16.6. The largest absolute Gasteiger partial charge is 0.478 e. The van der Waals surface area contributed by atoms with E-state index < -0.39 is 23.7 Å². The zero-order valence-corrected chi connectivity index (χ0v) is 16.6. The van der Waals surface area contributed by atoms with Crippen LogP contribution in [0, 0.1) is 0 Å². The Morgan fingerprint density at radius 2 is 1.81 bits per heavy atom. The summed E-state index contributed by atoms with van der Waals surface area (Å²) in [6.45, 7) is -0.00310. The lowest BCUT2D eigenvalue weighted by molar-refractivity contribution is -0.174. The maximum atomic E-state index is 13.3. The Balaban J connectivity index is 1.66. The Morgan fingerprint density at radius 3 is 2.45 bits per heavy atom. The van der Waals surface area contributed by atoms with Gasteiger partial charge in [0.1, 0.15) is 12.4 Å². The summed E-state index contributed by atoms with van der Waals surface area (Å²) in [5, 5.41) is 9.33. The number of rotatable bonds is 7. The van der Waals surface area contributed by atoms with Crippen molar-refractivity contribution in [3.63, 3.8) is 0 Å². The molecule has 31 heavy (non-hydrogen) atoms. The molecule has 2 atom stereocenters. The first-order valence-electron chi connectivity index (χ1n) is 9.87. The second kappa shape index (κ2) is 8.47. The molecule has 2 aromatic rings. The van der Waals surface area contributed by atoms with Gasteiger partial charge in [0, 0.05) is 6.42 Å². The molecule has 2 aliphatic rings. The topological polar surface area (TPSA) is 93.1 Å². The molecule has 2 heterocycles. The Bertz CT molecular complexity index is 1050. The van der Waals surface area contributed by atoms with E-state index in [-0.39, 0.29) is 31.1 Å². The summed E-state index contributed by atoms with van der Waals surface area (Å²) < 4.78 is 11.2. The minimum atomic E-state index is -1.65. The van der Waals surface area contributed by atoms with E-state index in [9.17, 15) is 19.5 Å². The number of ether oxygens (including phenoxy) is 2. The van der Waals surface area contributed by atoms with Crippen LogP contribution in [0.2, 0.25) is 0 Å². The van der Waals surface area contributed by atoms with Gasteiger partial charge in [-0.25, -0.2) is 9.59 Å². The molecule has 1 N–H and O–H groups in total. The molecule has 0 saturated carbocycles. The average Bonchev–Trinajstić information content (AvgIpc) is 3.01. The van der Waals surface area contributed by atoms with Crippen LogP contribution in [-0.4, -0.2) is 39.6 Å². The lowest BCUT2D eigenvalue weighted by Gasteiger charge is -2.40. The Labute approximate surface area is 179 Å². The fourth-order valence-electron chi connectivity index (χ4n) is 3.82. The number of β-lactam (4-membered cyclic amide) rings is 1. The summed E-state index contributed by atoms with van der Waals surface area (Å²) in [5.74, 6) is -2.37. The van der Waals surface area contributed by atoms with E-state index in [4.69, 9.17) is 9.47 Å².